The molecule has 4 N–H and O–H groups in total. The van der Waals surface area contributed by atoms with E-state index >= 15 is 0 Å². The van der Waals surface area contributed by atoms with Gasteiger partial charge in [0.1, 0.15) is 17.2 Å². The van der Waals surface area contributed by atoms with Crippen LogP contribution in [0.2, 0.25) is 5.02 Å². The second-order valence-corrected chi connectivity index (χ2v) is 7.15. The minimum atomic E-state index is -0.990. The lowest BCUT2D eigenvalue weighted by Gasteiger charge is -2.12. The Balaban J connectivity index is 1.85. The quantitative estimate of drug-likeness (QED) is 0.155. The van der Waals surface area contributed by atoms with Gasteiger partial charge in [-0.05, 0) is 42.0 Å². The van der Waals surface area contributed by atoms with Crippen LogP contribution in [-0.2, 0) is 4.79 Å². The smallest absolute Gasteiger partial charge is 0.284 e. The molecule has 0 aliphatic heterocycles. The van der Waals surface area contributed by atoms with E-state index in [1.165, 1.54) is 43.5 Å². The third-order valence-corrected chi connectivity index (χ3v) is 4.89. The zero-order valence-electron chi connectivity index (χ0n) is 17.4. The van der Waals surface area contributed by atoms with Crippen LogP contribution in [0.4, 0.5) is 10.1 Å². The average Bonchev–Trinajstić information content (AvgIpc) is 2.82. The molecular weight excluding hydrogens is 449 g/mol. The fraction of sp³-hybridized carbons (Fsp3) is 0.0417. The highest BCUT2D eigenvalue weighted by atomic mass is 35.5. The van der Waals surface area contributed by atoms with Crippen molar-refractivity contribution in [3.05, 3.63) is 94.3 Å². The maximum atomic E-state index is 14.3. The molecule has 0 aliphatic carbocycles. The molecule has 168 valence electrons. The number of benzene rings is 3. The fourth-order valence-corrected chi connectivity index (χ4v) is 3.11. The molecule has 0 bridgehead atoms. The summed E-state index contributed by atoms with van der Waals surface area (Å²) in [5.41, 5.74) is 1.06. The Morgan fingerprint density at radius 2 is 1.79 bits per heavy atom. The molecule has 0 aliphatic rings. The van der Waals surface area contributed by atoms with Crippen molar-refractivity contribution >= 4 is 40.8 Å². The maximum absolute atomic E-state index is 14.3. The van der Waals surface area contributed by atoms with E-state index in [4.69, 9.17) is 22.2 Å². The highest BCUT2D eigenvalue weighted by Gasteiger charge is 2.20. The molecule has 33 heavy (non-hydrogen) atoms. The van der Waals surface area contributed by atoms with Crippen LogP contribution >= 0.6 is 11.6 Å². The number of aromatic hydroxyl groups is 1. The number of hydrogen-bond acceptors (Lipinski definition) is 6. The minimum Gasteiger partial charge on any atom is -0.506 e. The van der Waals surface area contributed by atoms with Gasteiger partial charge in [-0.15, -0.1) is 0 Å². The summed E-state index contributed by atoms with van der Waals surface area (Å²) in [5, 5.41) is 15.6. The lowest BCUT2D eigenvalue weighted by molar-refractivity contribution is -0.114. The lowest BCUT2D eigenvalue weighted by Crippen LogP contribution is -2.18. The molecule has 0 aromatic heterocycles. The molecule has 3 aromatic carbocycles. The van der Waals surface area contributed by atoms with Crippen LogP contribution in [0.15, 0.2) is 77.7 Å². The molecule has 3 rings (SSSR count). The van der Waals surface area contributed by atoms with E-state index in [0.29, 0.717) is 11.1 Å². The van der Waals surface area contributed by atoms with Crippen LogP contribution in [0.3, 0.4) is 0 Å². The monoisotopic (exact) mass is 467 g/mol. The van der Waals surface area contributed by atoms with Gasteiger partial charge in [-0.25, -0.2) is 4.39 Å². The van der Waals surface area contributed by atoms with E-state index in [9.17, 15) is 19.1 Å². The van der Waals surface area contributed by atoms with Gasteiger partial charge in [0, 0.05) is 11.1 Å². The van der Waals surface area contributed by atoms with Gasteiger partial charge < -0.3 is 21.0 Å². The molecule has 0 fully saturated rings. The summed E-state index contributed by atoms with van der Waals surface area (Å²) in [7, 11) is 1.35. The number of carbonyl (C=O) groups excluding carboxylic acids is 2. The normalized spacial score (nSPS) is 11.7. The number of phenolic OH excluding ortho intramolecular Hbond substituents is 1. The molecule has 9 heteroatoms. The number of nitrogens with zero attached hydrogens (tertiary/aromatic N) is 1. The number of phenols is 1. The Labute approximate surface area is 194 Å². The Kier molecular flexibility index (Phi) is 7.42. The number of nitrogens with one attached hydrogen (secondary N) is 1. The summed E-state index contributed by atoms with van der Waals surface area (Å²) in [4.78, 5) is 25.1. The number of carbonyl (C=O) groups is 2. The summed E-state index contributed by atoms with van der Waals surface area (Å²) < 4.78 is 19.6. The number of halogens is 2. The highest BCUT2D eigenvalue weighted by molar-refractivity contribution is 6.51. The average molecular weight is 468 g/mol. The standard InChI is InChI=1S/C24H19ClFN3O4/c1-33-21-13-15(22(29-27)23(31)16-8-10-20(30)17(25)12-16)7-9-19(21)28-24(32)18(26)11-14-5-3-2-4-6-14/h2-13,30H,27H2,1H3,(H,28,32)/b18-11+,29-22+. The predicted octanol–water partition coefficient (Wildman–Crippen LogP) is 4.55. The minimum absolute atomic E-state index is 0.00144. The predicted molar refractivity (Wildman–Crippen MR) is 125 cm³/mol. The van der Waals surface area contributed by atoms with Gasteiger partial charge >= 0.3 is 0 Å². The summed E-state index contributed by atoms with van der Waals surface area (Å²) in [6, 6.07) is 16.8. The molecular formula is C24H19ClFN3O4. The molecule has 0 saturated carbocycles. The number of rotatable bonds is 7. The Morgan fingerprint density at radius 1 is 1.09 bits per heavy atom. The van der Waals surface area contributed by atoms with Crippen molar-refractivity contribution < 1.29 is 23.8 Å². The Morgan fingerprint density at radius 3 is 2.42 bits per heavy atom. The number of hydrogen-bond donors (Lipinski definition) is 3. The first kappa shape index (κ1) is 23.5. The first-order valence-electron chi connectivity index (χ1n) is 9.57. The fourth-order valence-electron chi connectivity index (χ4n) is 2.93. The van der Waals surface area contributed by atoms with Crippen molar-refractivity contribution in [2.24, 2.45) is 10.9 Å². The van der Waals surface area contributed by atoms with E-state index in [-0.39, 0.29) is 33.5 Å². The van der Waals surface area contributed by atoms with Gasteiger partial charge in [0.2, 0.25) is 5.78 Å². The van der Waals surface area contributed by atoms with Crippen LogP contribution in [0, 0.1) is 0 Å². The first-order valence-corrected chi connectivity index (χ1v) is 9.95. The molecule has 3 aromatic rings. The van der Waals surface area contributed by atoms with Crippen molar-refractivity contribution in [1.29, 1.82) is 0 Å². The number of ether oxygens (including phenoxy) is 1. The van der Waals surface area contributed by atoms with Gasteiger partial charge in [0.15, 0.2) is 5.83 Å². The Bertz CT molecular complexity index is 1260. The molecule has 1 amide bonds. The van der Waals surface area contributed by atoms with Crippen molar-refractivity contribution in [2.75, 3.05) is 12.4 Å². The SMILES string of the molecule is COc1cc(/C(=N\N)C(=O)c2ccc(O)c(Cl)c2)ccc1NC(=O)/C(F)=C\c1ccccc1. The second-order valence-electron chi connectivity index (χ2n) is 6.75. The van der Waals surface area contributed by atoms with Crippen molar-refractivity contribution in [3.63, 3.8) is 0 Å². The summed E-state index contributed by atoms with van der Waals surface area (Å²) >= 11 is 5.88. The van der Waals surface area contributed by atoms with E-state index in [2.05, 4.69) is 10.4 Å². The summed E-state index contributed by atoms with van der Waals surface area (Å²) in [6.45, 7) is 0. The van der Waals surface area contributed by atoms with Crippen LogP contribution in [0.25, 0.3) is 6.08 Å². The molecule has 7 nitrogen and oxygen atoms in total. The number of nitrogens with two attached hydrogens (primary N) is 1. The number of hydrazone groups is 1. The maximum Gasteiger partial charge on any atom is 0.284 e. The van der Waals surface area contributed by atoms with Gasteiger partial charge in [-0.2, -0.15) is 5.10 Å². The van der Waals surface area contributed by atoms with Crippen LogP contribution in [-0.4, -0.2) is 29.6 Å². The van der Waals surface area contributed by atoms with Crippen LogP contribution in [0.5, 0.6) is 11.5 Å². The molecule has 0 radical (unpaired) electrons. The molecule has 0 heterocycles. The lowest BCUT2D eigenvalue weighted by atomic mass is 10.00. The van der Waals surface area contributed by atoms with Gasteiger partial charge in [-0.3, -0.25) is 9.59 Å². The van der Waals surface area contributed by atoms with Gasteiger partial charge in [0.05, 0.1) is 17.8 Å². The number of ketones is 1. The third kappa shape index (κ3) is 5.55. The molecule has 0 atom stereocenters. The Hall–Kier alpha value is -4.17. The summed E-state index contributed by atoms with van der Waals surface area (Å²) in [5.74, 6) is 2.94. The van der Waals surface area contributed by atoms with Gasteiger partial charge in [-0.1, -0.05) is 48.0 Å². The molecule has 0 spiro atoms. The molecule has 0 unspecified atom stereocenters. The summed E-state index contributed by atoms with van der Waals surface area (Å²) in [6.07, 6.45) is 1.11. The second kappa shape index (κ2) is 10.4. The largest absolute Gasteiger partial charge is 0.506 e. The first-order chi connectivity index (χ1) is 15.8. The number of anilines is 1. The van der Waals surface area contributed by atoms with E-state index in [1.807, 2.05) is 0 Å². The zero-order chi connectivity index (χ0) is 24.0. The van der Waals surface area contributed by atoms with E-state index in [0.717, 1.165) is 6.08 Å². The number of methoxy groups -OCH3 is 1. The highest BCUT2D eigenvalue weighted by Crippen LogP contribution is 2.28. The van der Waals surface area contributed by atoms with Crippen LogP contribution in [0.1, 0.15) is 21.5 Å². The van der Waals surface area contributed by atoms with Crippen molar-refractivity contribution in [3.8, 4) is 11.5 Å². The van der Waals surface area contributed by atoms with Crippen molar-refractivity contribution in [1.82, 2.24) is 0 Å². The zero-order valence-corrected chi connectivity index (χ0v) is 18.1. The van der Waals surface area contributed by atoms with E-state index < -0.39 is 17.5 Å². The third-order valence-electron chi connectivity index (χ3n) is 4.59. The van der Waals surface area contributed by atoms with Crippen molar-refractivity contribution in [2.45, 2.75) is 0 Å². The number of Topliss-reactive ketones (excluding diaryl/α,β-unsaturated/α-hetero) is 1. The molecule has 0 saturated heterocycles. The topological polar surface area (TPSA) is 114 Å². The van der Waals surface area contributed by atoms with Gasteiger partial charge in [0.25, 0.3) is 5.91 Å². The van der Waals surface area contributed by atoms with E-state index in [1.54, 1.807) is 30.3 Å². The van der Waals surface area contributed by atoms with Crippen LogP contribution < -0.4 is 15.9 Å². The number of amides is 1.